The van der Waals surface area contributed by atoms with E-state index in [1.165, 1.54) is 19.2 Å². The van der Waals surface area contributed by atoms with Gasteiger partial charge in [0.15, 0.2) is 0 Å². The van der Waals surface area contributed by atoms with Crippen molar-refractivity contribution in [2.45, 2.75) is 0 Å². The van der Waals surface area contributed by atoms with Crippen LogP contribution in [0.2, 0.25) is 0 Å². The summed E-state index contributed by atoms with van der Waals surface area (Å²) in [5.41, 5.74) is 1.38. The van der Waals surface area contributed by atoms with Gasteiger partial charge < -0.3 is 10.1 Å². The Morgan fingerprint density at radius 2 is 2.00 bits per heavy atom. The number of hydrogen-bond acceptors (Lipinski definition) is 5. The van der Waals surface area contributed by atoms with Crippen molar-refractivity contribution in [3.8, 4) is 11.8 Å². The van der Waals surface area contributed by atoms with Gasteiger partial charge in [-0.1, -0.05) is 11.8 Å². The lowest BCUT2D eigenvalue weighted by Crippen LogP contribution is -2.28. The Kier molecular flexibility index (Phi) is 4.99. The highest BCUT2D eigenvalue weighted by Gasteiger charge is 2.23. The van der Waals surface area contributed by atoms with Crippen molar-refractivity contribution < 1.29 is 14.3 Å². The number of cyclic esters (lactones) is 1. The molecular weight excluding hydrogens is 336 g/mol. The zero-order valence-corrected chi connectivity index (χ0v) is 14.1. The number of nitrogens with one attached hydrogen (secondary N) is 1. The minimum atomic E-state index is -0.405. The molecule has 1 aromatic carbocycles. The Morgan fingerprint density at radius 3 is 2.65 bits per heavy atom. The van der Waals surface area contributed by atoms with E-state index in [2.05, 4.69) is 22.3 Å². The Balaban J connectivity index is 1.56. The maximum absolute atomic E-state index is 11.9. The second-order valence-electron chi connectivity index (χ2n) is 5.48. The lowest BCUT2D eigenvalue weighted by Gasteiger charge is -2.11. The molecule has 1 aliphatic rings. The highest BCUT2D eigenvalue weighted by molar-refractivity contribution is 5.92. The van der Waals surface area contributed by atoms with Crippen molar-refractivity contribution >= 4 is 17.7 Å². The van der Waals surface area contributed by atoms with E-state index >= 15 is 0 Å². The van der Waals surface area contributed by atoms with Gasteiger partial charge in [0.05, 0.1) is 13.1 Å². The summed E-state index contributed by atoms with van der Waals surface area (Å²) in [6, 6.07) is 9.83. The number of ether oxygens (including phenoxy) is 1. The number of amides is 2. The number of carbonyl (C=O) groups is 2. The molecule has 132 valence electrons. The van der Waals surface area contributed by atoms with Gasteiger partial charge in [0.2, 0.25) is 0 Å². The molecule has 0 saturated carbocycles. The third-order valence-electron chi connectivity index (χ3n) is 3.70. The lowest BCUT2D eigenvalue weighted by molar-refractivity contribution is 0.0951. The summed E-state index contributed by atoms with van der Waals surface area (Å²) in [6.45, 7) is 1.07. The van der Waals surface area contributed by atoms with Crippen molar-refractivity contribution in [1.82, 2.24) is 15.1 Å². The largest absolute Gasteiger partial charge is 0.447 e. The number of nitrogens with zero attached hydrogens (tertiary/aromatic N) is 3. The van der Waals surface area contributed by atoms with Gasteiger partial charge in [-0.3, -0.25) is 14.5 Å². The molecule has 1 fully saturated rings. The zero-order chi connectivity index (χ0) is 18.5. The monoisotopic (exact) mass is 352 g/mol. The number of anilines is 1. The molecule has 2 heterocycles. The first-order chi connectivity index (χ1) is 12.5. The number of hydrogen-bond donors (Lipinski definition) is 1. The molecular formula is C18H16N4O4. The summed E-state index contributed by atoms with van der Waals surface area (Å²) in [6.07, 6.45) is -0.349. The maximum Gasteiger partial charge on any atom is 0.414 e. The minimum Gasteiger partial charge on any atom is -0.447 e. The van der Waals surface area contributed by atoms with E-state index in [9.17, 15) is 14.4 Å². The fourth-order valence-electron chi connectivity index (χ4n) is 2.34. The maximum atomic E-state index is 11.9. The summed E-state index contributed by atoms with van der Waals surface area (Å²) in [7, 11) is 1.48. The van der Waals surface area contributed by atoms with Crippen LogP contribution in [0.1, 0.15) is 16.1 Å². The molecule has 3 rings (SSSR count). The molecule has 1 aliphatic heterocycles. The van der Waals surface area contributed by atoms with Crippen molar-refractivity contribution in [2.24, 2.45) is 7.05 Å². The van der Waals surface area contributed by atoms with Crippen molar-refractivity contribution in [1.29, 1.82) is 0 Å². The molecule has 2 aromatic rings. The van der Waals surface area contributed by atoms with E-state index in [4.69, 9.17) is 4.74 Å². The molecule has 8 nitrogen and oxygen atoms in total. The number of aromatic nitrogens is 2. The third-order valence-corrected chi connectivity index (χ3v) is 3.70. The molecule has 0 bridgehead atoms. The molecule has 8 heteroatoms. The van der Waals surface area contributed by atoms with Gasteiger partial charge >= 0.3 is 6.09 Å². The van der Waals surface area contributed by atoms with E-state index in [-0.39, 0.29) is 23.9 Å². The van der Waals surface area contributed by atoms with Gasteiger partial charge in [-0.2, -0.15) is 5.10 Å². The second-order valence-corrected chi connectivity index (χ2v) is 5.48. The molecule has 0 aliphatic carbocycles. The van der Waals surface area contributed by atoms with Crippen LogP contribution in [-0.4, -0.2) is 41.5 Å². The quantitative estimate of drug-likeness (QED) is 0.813. The van der Waals surface area contributed by atoms with E-state index in [0.717, 1.165) is 15.9 Å². The molecule has 1 N–H and O–H groups in total. The Labute approximate surface area is 149 Å². The van der Waals surface area contributed by atoms with Crippen LogP contribution in [0.15, 0.2) is 41.2 Å². The van der Waals surface area contributed by atoms with Gasteiger partial charge in [-0.15, -0.1) is 0 Å². The van der Waals surface area contributed by atoms with Crippen molar-refractivity contribution in [3.63, 3.8) is 0 Å². The number of rotatable bonds is 3. The van der Waals surface area contributed by atoms with Crippen LogP contribution >= 0.6 is 0 Å². The predicted octanol–water partition coefficient (Wildman–Crippen LogP) is 0.518. The fraction of sp³-hybridized carbons (Fsp3) is 0.222. The van der Waals surface area contributed by atoms with Gasteiger partial charge in [0.1, 0.15) is 12.3 Å². The average molecular weight is 352 g/mol. The summed E-state index contributed by atoms with van der Waals surface area (Å²) in [4.78, 5) is 36.2. The molecule has 0 spiro atoms. The first-order valence-electron chi connectivity index (χ1n) is 7.90. The fourth-order valence-corrected chi connectivity index (χ4v) is 2.34. The standard InChI is InChI=1S/C18H16N4O4/c1-21-16(23)9-8-15(20-21)17(24)19-10-2-3-13-4-6-14(7-5-13)22-11-12-26-18(22)25/h4-9H,10-12H2,1H3,(H,19,24). The van der Waals surface area contributed by atoms with Crippen molar-refractivity contribution in [2.75, 3.05) is 24.6 Å². The van der Waals surface area contributed by atoms with Gasteiger partial charge in [-0.05, 0) is 30.3 Å². The highest BCUT2D eigenvalue weighted by atomic mass is 16.6. The first-order valence-corrected chi connectivity index (χ1v) is 7.90. The molecule has 1 saturated heterocycles. The second kappa shape index (κ2) is 7.53. The predicted molar refractivity (Wildman–Crippen MR) is 93.8 cm³/mol. The van der Waals surface area contributed by atoms with E-state index in [1.807, 2.05) is 0 Å². The van der Waals surface area contributed by atoms with Gasteiger partial charge in [0.25, 0.3) is 11.5 Å². The van der Waals surface area contributed by atoms with Crippen LogP contribution in [0.4, 0.5) is 10.5 Å². The number of carbonyl (C=O) groups excluding carboxylic acids is 2. The summed E-state index contributed by atoms with van der Waals surface area (Å²) in [5, 5.41) is 6.48. The molecule has 2 amide bonds. The topological polar surface area (TPSA) is 93.5 Å². The van der Waals surface area contributed by atoms with Crippen LogP contribution in [0.25, 0.3) is 0 Å². The zero-order valence-electron chi connectivity index (χ0n) is 14.1. The van der Waals surface area contributed by atoms with Crippen LogP contribution in [0, 0.1) is 11.8 Å². The normalized spacial score (nSPS) is 13.0. The molecule has 0 unspecified atom stereocenters. The first kappa shape index (κ1) is 17.2. The summed E-state index contributed by atoms with van der Waals surface area (Å²) >= 11 is 0. The average Bonchev–Trinajstić information content (AvgIpc) is 3.07. The minimum absolute atomic E-state index is 0.142. The summed E-state index contributed by atoms with van der Waals surface area (Å²) < 4.78 is 5.99. The van der Waals surface area contributed by atoms with E-state index in [1.54, 1.807) is 29.2 Å². The van der Waals surface area contributed by atoms with Crippen LogP contribution < -0.4 is 15.8 Å². The lowest BCUT2D eigenvalue weighted by atomic mass is 10.2. The summed E-state index contributed by atoms with van der Waals surface area (Å²) in [5.74, 6) is 5.36. The van der Waals surface area contributed by atoms with Crippen molar-refractivity contribution in [3.05, 3.63) is 58.0 Å². The smallest absolute Gasteiger partial charge is 0.414 e. The third kappa shape index (κ3) is 3.89. The Morgan fingerprint density at radius 1 is 1.23 bits per heavy atom. The number of benzene rings is 1. The van der Waals surface area contributed by atoms with Crippen LogP contribution in [0.3, 0.4) is 0 Å². The Hall–Kier alpha value is -3.60. The highest BCUT2D eigenvalue weighted by Crippen LogP contribution is 2.18. The van der Waals surface area contributed by atoms with E-state index < -0.39 is 5.91 Å². The Bertz CT molecular complexity index is 954. The number of aryl methyl sites for hydroxylation is 1. The van der Waals surface area contributed by atoms with Crippen LogP contribution in [-0.2, 0) is 11.8 Å². The molecule has 0 atom stereocenters. The van der Waals surface area contributed by atoms with E-state index in [0.29, 0.717) is 13.2 Å². The SMILES string of the molecule is Cn1nc(C(=O)NCC#Cc2ccc(N3CCOC3=O)cc2)ccc1=O. The molecule has 0 radical (unpaired) electrons. The molecule has 26 heavy (non-hydrogen) atoms. The van der Waals surface area contributed by atoms with Gasteiger partial charge in [-0.25, -0.2) is 9.48 Å². The molecule has 1 aromatic heterocycles. The van der Waals surface area contributed by atoms with Crippen LogP contribution in [0.5, 0.6) is 0 Å². The van der Waals surface area contributed by atoms with Gasteiger partial charge in [0, 0.05) is 24.4 Å².